The van der Waals surface area contributed by atoms with Crippen LogP contribution in [-0.4, -0.2) is 17.3 Å². The van der Waals surface area contributed by atoms with Crippen molar-refractivity contribution in [1.29, 1.82) is 0 Å². The Labute approximate surface area is 208 Å². The molecule has 0 atom stereocenters. The van der Waals surface area contributed by atoms with Crippen molar-refractivity contribution in [2.75, 3.05) is 10.6 Å². The van der Waals surface area contributed by atoms with Crippen LogP contribution >= 0.6 is 0 Å². The number of rotatable bonds is 6. The Morgan fingerprint density at radius 1 is 1.06 bits per heavy atom. The minimum absolute atomic E-state index is 0.0793. The topological polar surface area (TPSA) is 80.3 Å². The van der Waals surface area contributed by atoms with Crippen molar-refractivity contribution < 1.29 is 18.7 Å². The lowest BCUT2D eigenvalue weighted by atomic mass is 10.1. The van der Waals surface area contributed by atoms with Crippen LogP contribution in [0.5, 0.6) is 11.5 Å². The highest BCUT2D eigenvalue weighted by Crippen LogP contribution is 2.45. The van der Waals surface area contributed by atoms with Crippen LogP contribution in [0, 0.1) is 23.6 Å². The summed E-state index contributed by atoms with van der Waals surface area (Å²) in [6, 6.07) is 20.4. The molecule has 36 heavy (non-hydrogen) atoms. The lowest BCUT2D eigenvalue weighted by molar-refractivity contribution is -0.120. The summed E-state index contributed by atoms with van der Waals surface area (Å²) in [7, 11) is 0. The molecule has 5 rings (SSSR count). The molecule has 180 valence electrons. The van der Waals surface area contributed by atoms with Gasteiger partial charge in [-0.1, -0.05) is 12.8 Å². The third kappa shape index (κ3) is 6.05. The molecule has 0 radical (unpaired) electrons. The van der Waals surface area contributed by atoms with Gasteiger partial charge in [-0.3, -0.25) is 14.6 Å². The summed E-state index contributed by atoms with van der Waals surface area (Å²) in [4.78, 5) is 26.3. The standard InChI is InChI=1S/C22H18N2O2.C7H6FNO/c1-3-15-4-9-18-19(14-15)23-13-10-20(18)26-17-7-5-16(6-8-17)24-21(25)22(2)11-12-22;8-6-1-3-7(4-2-6)9-5-10/h1,4-10,13-14H,11-12H2,2H3,(H,24,25);1-5H,(H,9,10). The molecule has 6 nitrogen and oxygen atoms in total. The smallest absolute Gasteiger partial charge is 0.230 e. The number of halogens is 1. The fraction of sp³-hybridized carbons (Fsp3) is 0.138. The average molecular weight is 482 g/mol. The second-order valence-corrected chi connectivity index (χ2v) is 8.60. The molecule has 4 aromatic rings. The molecule has 0 saturated heterocycles. The van der Waals surface area contributed by atoms with Crippen molar-refractivity contribution in [2.45, 2.75) is 19.8 Å². The zero-order chi connectivity index (χ0) is 25.5. The van der Waals surface area contributed by atoms with Gasteiger partial charge in [-0.15, -0.1) is 6.42 Å². The number of nitrogens with one attached hydrogen (secondary N) is 2. The summed E-state index contributed by atoms with van der Waals surface area (Å²) in [5.41, 5.74) is 2.75. The third-order valence-electron chi connectivity index (χ3n) is 5.83. The van der Waals surface area contributed by atoms with E-state index in [1.165, 1.54) is 24.3 Å². The predicted octanol–water partition coefficient (Wildman–Crippen LogP) is 6.14. The molecule has 2 N–H and O–H groups in total. The molecular formula is C29H24FN3O3. The minimum Gasteiger partial charge on any atom is -0.457 e. The van der Waals surface area contributed by atoms with Gasteiger partial charge in [-0.2, -0.15) is 0 Å². The Hall–Kier alpha value is -4.70. The van der Waals surface area contributed by atoms with E-state index in [4.69, 9.17) is 11.2 Å². The quantitative estimate of drug-likeness (QED) is 0.256. The maximum atomic E-state index is 12.2. The number of terminal acetylenes is 1. The second kappa shape index (κ2) is 10.7. The molecule has 0 unspecified atom stereocenters. The zero-order valence-corrected chi connectivity index (χ0v) is 19.6. The summed E-state index contributed by atoms with van der Waals surface area (Å²) < 4.78 is 18.2. The van der Waals surface area contributed by atoms with Crippen molar-refractivity contribution in [1.82, 2.24) is 4.98 Å². The van der Waals surface area contributed by atoms with Gasteiger partial charge in [0.25, 0.3) is 0 Å². The Balaban J connectivity index is 0.000000256. The number of carbonyl (C=O) groups excluding carboxylic acids is 2. The first-order chi connectivity index (χ1) is 17.4. The third-order valence-corrected chi connectivity index (χ3v) is 5.83. The molecule has 0 aliphatic heterocycles. The number of fused-ring (bicyclic) bond motifs is 1. The van der Waals surface area contributed by atoms with E-state index < -0.39 is 0 Å². The maximum Gasteiger partial charge on any atom is 0.230 e. The molecule has 1 aromatic heterocycles. The van der Waals surface area contributed by atoms with Gasteiger partial charge in [0.05, 0.1) is 5.52 Å². The number of benzene rings is 3. The monoisotopic (exact) mass is 481 g/mol. The fourth-order valence-corrected chi connectivity index (χ4v) is 3.34. The van der Waals surface area contributed by atoms with Crippen molar-refractivity contribution in [3.63, 3.8) is 0 Å². The second-order valence-electron chi connectivity index (χ2n) is 8.60. The van der Waals surface area contributed by atoms with Crippen LogP contribution in [-0.2, 0) is 9.59 Å². The van der Waals surface area contributed by atoms with E-state index in [1.54, 1.807) is 6.20 Å². The Morgan fingerprint density at radius 3 is 2.39 bits per heavy atom. The van der Waals surface area contributed by atoms with Gasteiger partial charge < -0.3 is 15.4 Å². The van der Waals surface area contributed by atoms with E-state index in [0.717, 1.165) is 35.0 Å². The van der Waals surface area contributed by atoms with Crippen LogP contribution in [0.3, 0.4) is 0 Å². The number of nitrogens with zero attached hydrogens (tertiary/aromatic N) is 1. The van der Waals surface area contributed by atoms with Crippen molar-refractivity contribution in [2.24, 2.45) is 5.41 Å². The van der Waals surface area contributed by atoms with Crippen LogP contribution in [0.1, 0.15) is 25.3 Å². The molecule has 2 amide bonds. The first kappa shape index (κ1) is 24.4. The van der Waals surface area contributed by atoms with E-state index in [1.807, 2.05) is 55.5 Å². The summed E-state index contributed by atoms with van der Waals surface area (Å²) in [5, 5.41) is 6.24. The number of hydrogen-bond donors (Lipinski definition) is 2. The van der Waals surface area contributed by atoms with Crippen molar-refractivity contribution >= 4 is 34.6 Å². The molecule has 1 aliphatic rings. The molecular weight excluding hydrogens is 457 g/mol. The SMILES string of the molecule is C#Cc1ccc2c(Oc3ccc(NC(=O)C4(C)CC4)cc3)ccnc2c1.O=CNc1ccc(F)cc1. The average Bonchev–Trinajstić information content (AvgIpc) is 3.65. The van der Waals surface area contributed by atoms with E-state index >= 15 is 0 Å². The Bertz CT molecular complexity index is 1420. The van der Waals surface area contributed by atoms with Crippen LogP contribution in [0.15, 0.2) is 79.0 Å². The first-order valence-electron chi connectivity index (χ1n) is 11.3. The highest BCUT2D eigenvalue weighted by atomic mass is 19.1. The van der Waals surface area contributed by atoms with Gasteiger partial charge in [0.1, 0.15) is 17.3 Å². The summed E-state index contributed by atoms with van der Waals surface area (Å²) in [6.07, 6.45) is 9.60. The predicted molar refractivity (Wildman–Crippen MR) is 138 cm³/mol. The summed E-state index contributed by atoms with van der Waals surface area (Å²) >= 11 is 0. The summed E-state index contributed by atoms with van der Waals surface area (Å²) in [5.74, 6) is 3.78. The normalized spacial score (nSPS) is 12.9. The lowest BCUT2D eigenvalue weighted by Crippen LogP contribution is -2.21. The van der Waals surface area contributed by atoms with E-state index in [-0.39, 0.29) is 17.1 Å². The van der Waals surface area contributed by atoms with Gasteiger partial charge >= 0.3 is 0 Å². The molecule has 0 spiro atoms. The summed E-state index contributed by atoms with van der Waals surface area (Å²) in [6.45, 7) is 1.99. The molecule has 0 bridgehead atoms. The minimum atomic E-state index is -0.309. The van der Waals surface area contributed by atoms with Crippen LogP contribution in [0.4, 0.5) is 15.8 Å². The number of hydrogen-bond acceptors (Lipinski definition) is 4. The van der Waals surface area contributed by atoms with Crippen molar-refractivity contribution in [3.8, 4) is 23.8 Å². The molecule has 1 heterocycles. The van der Waals surface area contributed by atoms with E-state index in [9.17, 15) is 14.0 Å². The number of aromatic nitrogens is 1. The van der Waals surface area contributed by atoms with E-state index in [2.05, 4.69) is 21.5 Å². The van der Waals surface area contributed by atoms with Crippen LogP contribution in [0.25, 0.3) is 10.9 Å². The molecule has 3 aromatic carbocycles. The largest absolute Gasteiger partial charge is 0.457 e. The van der Waals surface area contributed by atoms with Gasteiger partial charge in [-0.25, -0.2) is 4.39 Å². The number of ether oxygens (including phenoxy) is 1. The molecule has 1 aliphatic carbocycles. The molecule has 1 saturated carbocycles. The van der Waals surface area contributed by atoms with Gasteiger partial charge in [0.15, 0.2) is 0 Å². The fourth-order valence-electron chi connectivity index (χ4n) is 3.34. The number of pyridine rings is 1. The number of anilines is 2. The Kier molecular flexibility index (Phi) is 7.26. The van der Waals surface area contributed by atoms with Crippen molar-refractivity contribution in [3.05, 3.63) is 90.4 Å². The first-order valence-corrected chi connectivity index (χ1v) is 11.3. The van der Waals surface area contributed by atoms with Gasteiger partial charge in [0.2, 0.25) is 12.3 Å². The van der Waals surface area contributed by atoms with E-state index in [0.29, 0.717) is 23.6 Å². The van der Waals surface area contributed by atoms with Crippen LogP contribution < -0.4 is 15.4 Å². The number of amides is 2. The molecule has 1 fully saturated rings. The highest BCUT2D eigenvalue weighted by Gasteiger charge is 2.44. The lowest BCUT2D eigenvalue weighted by Gasteiger charge is -2.12. The molecule has 7 heteroatoms. The van der Waals surface area contributed by atoms with Crippen LogP contribution in [0.2, 0.25) is 0 Å². The Morgan fingerprint density at radius 2 is 1.75 bits per heavy atom. The number of carbonyl (C=O) groups is 2. The highest BCUT2D eigenvalue weighted by molar-refractivity contribution is 5.96. The van der Waals surface area contributed by atoms with Gasteiger partial charge in [-0.05, 0) is 85.6 Å². The maximum absolute atomic E-state index is 12.2. The van der Waals surface area contributed by atoms with Gasteiger partial charge in [0, 0.05) is 33.9 Å². The zero-order valence-electron chi connectivity index (χ0n) is 19.6.